The minimum atomic E-state index is -4.81. The van der Waals surface area contributed by atoms with Crippen molar-refractivity contribution in [1.29, 1.82) is 5.26 Å². The number of aromatic amines is 1. The maximum atomic E-state index is 14.9. The van der Waals surface area contributed by atoms with Crippen LogP contribution in [0.25, 0.3) is 10.9 Å². The van der Waals surface area contributed by atoms with Crippen molar-refractivity contribution >= 4 is 10.9 Å². The fourth-order valence-corrected chi connectivity index (χ4v) is 4.80. The number of nitriles is 1. The Labute approximate surface area is 201 Å². The molecular weight excluding hydrogens is 485 g/mol. The Morgan fingerprint density at radius 1 is 1.25 bits per heavy atom. The highest BCUT2D eigenvalue weighted by Crippen LogP contribution is 2.59. The van der Waals surface area contributed by atoms with Gasteiger partial charge in [0, 0.05) is 35.4 Å². The van der Waals surface area contributed by atoms with Gasteiger partial charge in [0.2, 0.25) is 5.82 Å². The Morgan fingerprint density at radius 2 is 1.97 bits per heavy atom. The maximum Gasteiger partial charge on any atom is 0.417 e. The Bertz CT molecular complexity index is 1460. The molecule has 0 unspecified atom stereocenters. The molecule has 1 aliphatic heterocycles. The monoisotopic (exact) mass is 505 g/mol. The van der Waals surface area contributed by atoms with E-state index in [2.05, 4.69) is 9.97 Å². The summed E-state index contributed by atoms with van der Waals surface area (Å²) in [5.41, 5.74) is -3.27. The minimum Gasteiger partial charge on any atom is -0.487 e. The molecule has 6 nitrogen and oxygen atoms in total. The van der Waals surface area contributed by atoms with Crippen LogP contribution in [0.15, 0.2) is 35.3 Å². The van der Waals surface area contributed by atoms with E-state index in [0.29, 0.717) is 12.8 Å². The molecule has 0 spiro atoms. The van der Waals surface area contributed by atoms with Gasteiger partial charge in [0.25, 0.3) is 0 Å². The third-order valence-electron chi connectivity index (χ3n) is 7.09. The third kappa shape index (κ3) is 3.71. The van der Waals surface area contributed by atoms with Gasteiger partial charge in [-0.1, -0.05) is 13.0 Å². The molecule has 0 bridgehead atoms. The van der Waals surface area contributed by atoms with E-state index < -0.39 is 52.5 Å². The van der Waals surface area contributed by atoms with E-state index in [-0.39, 0.29) is 34.0 Å². The van der Waals surface area contributed by atoms with Gasteiger partial charge in [-0.25, -0.2) is 9.37 Å². The van der Waals surface area contributed by atoms with Gasteiger partial charge in [0.15, 0.2) is 28.3 Å². The van der Waals surface area contributed by atoms with Gasteiger partial charge in [-0.15, -0.1) is 0 Å². The number of aromatic nitrogens is 2. The van der Waals surface area contributed by atoms with Crippen molar-refractivity contribution in [2.75, 3.05) is 0 Å². The zero-order valence-corrected chi connectivity index (χ0v) is 19.1. The van der Waals surface area contributed by atoms with Crippen LogP contribution in [0.2, 0.25) is 0 Å². The maximum absolute atomic E-state index is 14.9. The predicted octanol–water partition coefficient (Wildman–Crippen LogP) is 5.43. The van der Waals surface area contributed by atoms with Crippen LogP contribution in [-0.2, 0) is 4.74 Å². The topological polar surface area (TPSA) is 88.0 Å². The van der Waals surface area contributed by atoms with E-state index in [1.807, 2.05) is 6.07 Å². The number of benzene rings is 1. The molecule has 3 aromatic rings. The molecule has 1 saturated carbocycles. The fraction of sp³-hybridized carbons (Fsp3) is 0.400. The summed E-state index contributed by atoms with van der Waals surface area (Å²) in [5.74, 6) is -5.37. The normalized spacial score (nSPS) is 26.2. The van der Waals surface area contributed by atoms with Gasteiger partial charge in [-0.3, -0.25) is 4.79 Å². The van der Waals surface area contributed by atoms with Crippen molar-refractivity contribution in [3.8, 4) is 11.8 Å². The van der Waals surface area contributed by atoms with Gasteiger partial charge >= 0.3 is 6.18 Å². The number of pyridine rings is 2. The largest absolute Gasteiger partial charge is 0.487 e. The SMILES string of the molecule is C[C@H]1[C@@H](c2ccc(F)c(F)c2OC2CC2)[C@H](c2cc(=O)c3c(C#N)nccc3[nH]2)O[C@@]1(C)C(F)(F)F. The summed E-state index contributed by atoms with van der Waals surface area (Å²) in [6, 6.07) is 6.32. The number of fused-ring (bicyclic) bond motifs is 1. The van der Waals surface area contributed by atoms with Crippen LogP contribution in [0.4, 0.5) is 22.0 Å². The van der Waals surface area contributed by atoms with E-state index in [9.17, 15) is 32.0 Å². The third-order valence-corrected chi connectivity index (χ3v) is 7.09. The van der Waals surface area contributed by atoms with Crippen LogP contribution in [-0.4, -0.2) is 27.8 Å². The molecule has 2 aliphatic rings. The van der Waals surface area contributed by atoms with Crippen molar-refractivity contribution in [2.24, 2.45) is 5.92 Å². The summed E-state index contributed by atoms with van der Waals surface area (Å²) in [6.45, 7) is 2.21. The molecule has 1 aliphatic carbocycles. The second-order valence-corrected chi connectivity index (χ2v) is 9.34. The highest BCUT2D eigenvalue weighted by atomic mass is 19.4. The molecule has 0 radical (unpaired) electrons. The molecule has 2 aromatic heterocycles. The zero-order chi connectivity index (χ0) is 26.0. The van der Waals surface area contributed by atoms with Crippen molar-refractivity contribution in [1.82, 2.24) is 9.97 Å². The second-order valence-electron chi connectivity index (χ2n) is 9.34. The molecule has 1 N–H and O–H groups in total. The molecule has 1 saturated heterocycles. The van der Waals surface area contributed by atoms with Crippen LogP contribution in [0.5, 0.6) is 5.75 Å². The summed E-state index contributed by atoms with van der Waals surface area (Å²) < 4.78 is 83.1. The van der Waals surface area contributed by atoms with E-state index in [0.717, 1.165) is 19.1 Å². The molecule has 188 valence electrons. The van der Waals surface area contributed by atoms with Crippen molar-refractivity contribution in [3.05, 3.63) is 69.3 Å². The second kappa shape index (κ2) is 8.27. The van der Waals surface area contributed by atoms with Gasteiger partial charge in [0.1, 0.15) is 12.2 Å². The van der Waals surface area contributed by atoms with Crippen molar-refractivity contribution in [2.45, 2.75) is 56.6 Å². The standard InChI is InChI=1S/C25H20F5N3O3/c1-11-19(13-5-6-14(26)21(27)22(13)35-12-3-4-12)23(36-24(11,2)25(28,29)30)16-9-18(34)20-15(33-16)7-8-32-17(20)10-31/h5-9,11-12,19,23H,3-4H2,1-2H3,(H,33,34)/t11-,19-,23-,24+/m0/s1. The smallest absolute Gasteiger partial charge is 0.417 e. The Hall–Kier alpha value is -3.52. The Kier molecular flexibility index (Phi) is 5.55. The average Bonchev–Trinajstić information content (AvgIpc) is 3.60. The Balaban J connectivity index is 1.72. The predicted molar refractivity (Wildman–Crippen MR) is 117 cm³/mol. The van der Waals surface area contributed by atoms with Crippen LogP contribution < -0.4 is 10.2 Å². The van der Waals surface area contributed by atoms with Crippen molar-refractivity contribution in [3.63, 3.8) is 0 Å². The van der Waals surface area contributed by atoms with Crippen LogP contribution in [0.1, 0.15) is 55.7 Å². The molecule has 4 atom stereocenters. The lowest BCUT2D eigenvalue weighted by atomic mass is 9.76. The lowest BCUT2D eigenvalue weighted by Crippen LogP contribution is -2.46. The molecule has 3 heterocycles. The number of nitrogens with one attached hydrogen (secondary N) is 1. The number of H-pyrrole nitrogens is 1. The molecular formula is C25H20F5N3O3. The number of hydrogen-bond acceptors (Lipinski definition) is 5. The molecule has 11 heteroatoms. The van der Waals surface area contributed by atoms with Crippen LogP contribution in [0, 0.1) is 28.9 Å². The van der Waals surface area contributed by atoms with E-state index in [1.54, 1.807) is 0 Å². The van der Waals surface area contributed by atoms with E-state index in [4.69, 9.17) is 9.47 Å². The molecule has 2 fully saturated rings. The summed E-state index contributed by atoms with van der Waals surface area (Å²) >= 11 is 0. The summed E-state index contributed by atoms with van der Waals surface area (Å²) in [6.07, 6.45) is -4.06. The van der Waals surface area contributed by atoms with Gasteiger partial charge < -0.3 is 14.5 Å². The number of hydrogen-bond donors (Lipinski definition) is 1. The molecule has 5 rings (SSSR count). The summed E-state index contributed by atoms with van der Waals surface area (Å²) in [5, 5.41) is 9.27. The zero-order valence-electron chi connectivity index (χ0n) is 19.1. The van der Waals surface area contributed by atoms with Gasteiger partial charge in [-0.05, 0) is 31.9 Å². The summed E-state index contributed by atoms with van der Waals surface area (Å²) in [7, 11) is 0. The lowest BCUT2D eigenvalue weighted by molar-refractivity contribution is -0.275. The number of nitrogens with zero attached hydrogens (tertiary/aromatic N) is 2. The first-order valence-corrected chi connectivity index (χ1v) is 11.3. The number of rotatable bonds is 4. The first-order valence-electron chi connectivity index (χ1n) is 11.3. The molecule has 0 amide bonds. The number of alkyl halides is 3. The van der Waals surface area contributed by atoms with E-state index >= 15 is 0 Å². The highest BCUT2D eigenvalue weighted by molar-refractivity contribution is 5.82. The first kappa shape index (κ1) is 24.2. The van der Waals surface area contributed by atoms with Crippen LogP contribution in [0.3, 0.4) is 0 Å². The number of halogens is 5. The van der Waals surface area contributed by atoms with Crippen molar-refractivity contribution < 1.29 is 31.4 Å². The molecule has 36 heavy (non-hydrogen) atoms. The minimum absolute atomic E-state index is 0.00507. The number of ether oxygens (including phenoxy) is 2. The van der Waals surface area contributed by atoms with E-state index in [1.165, 1.54) is 25.3 Å². The first-order chi connectivity index (χ1) is 17.0. The Morgan fingerprint density at radius 3 is 2.61 bits per heavy atom. The average molecular weight is 505 g/mol. The summed E-state index contributed by atoms with van der Waals surface area (Å²) in [4.78, 5) is 19.7. The quantitative estimate of drug-likeness (QED) is 0.478. The van der Waals surface area contributed by atoms with Gasteiger partial charge in [-0.2, -0.15) is 22.8 Å². The van der Waals surface area contributed by atoms with Gasteiger partial charge in [0.05, 0.1) is 17.0 Å². The van der Waals surface area contributed by atoms with Crippen LogP contribution >= 0.6 is 0 Å². The lowest BCUT2D eigenvalue weighted by Gasteiger charge is -2.32. The molecule has 1 aromatic carbocycles. The highest BCUT2D eigenvalue weighted by Gasteiger charge is 2.65. The fourth-order valence-electron chi connectivity index (χ4n) is 4.80.